The van der Waals surface area contributed by atoms with Gasteiger partial charge in [-0.05, 0) is 49.3 Å². The molecular formula is C16H24N2. The third-order valence-electron chi connectivity index (χ3n) is 4.66. The summed E-state index contributed by atoms with van der Waals surface area (Å²) in [4.78, 5) is 2.57. The first kappa shape index (κ1) is 11.9. The van der Waals surface area contributed by atoms with E-state index in [4.69, 9.17) is 5.73 Å². The summed E-state index contributed by atoms with van der Waals surface area (Å²) < 4.78 is 0. The summed E-state index contributed by atoms with van der Waals surface area (Å²) in [5, 5.41) is 0. The molecular weight excluding hydrogens is 220 g/mol. The molecule has 2 aliphatic rings. The second-order valence-electron chi connectivity index (χ2n) is 6.04. The molecule has 2 nitrogen and oxygen atoms in total. The lowest BCUT2D eigenvalue weighted by Gasteiger charge is -2.28. The van der Waals surface area contributed by atoms with Gasteiger partial charge in [-0.15, -0.1) is 0 Å². The molecule has 3 rings (SSSR count). The van der Waals surface area contributed by atoms with Gasteiger partial charge in [0.05, 0.1) is 0 Å². The first-order valence-corrected chi connectivity index (χ1v) is 7.38. The van der Waals surface area contributed by atoms with E-state index < -0.39 is 0 Å². The Labute approximate surface area is 110 Å². The number of aryl methyl sites for hydroxylation is 1. The molecule has 0 amide bonds. The van der Waals surface area contributed by atoms with Crippen LogP contribution in [0.2, 0.25) is 0 Å². The van der Waals surface area contributed by atoms with E-state index in [-0.39, 0.29) is 0 Å². The summed E-state index contributed by atoms with van der Waals surface area (Å²) in [7, 11) is 0. The van der Waals surface area contributed by atoms with E-state index in [1.165, 1.54) is 68.4 Å². The smallest absolute Gasteiger partial charge is 0.0420 e. The van der Waals surface area contributed by atoms with Crippen LogP contribution in [0.15, 0.2) is 12.1 Å². The van der Waals surface area contributed by atoms with Gasteiger partial charge in [-0.3, -0.25) is 0 Å². The number of nitrogens with zero attached hydrogens (tertiary/aromatic N) is 1. The van der Waals surface area contributed by atoms with E-state index in [1.807, 2.05) is 0 Å². The van der Waals surface area contributed by atoms with Gasteiger partial charge < -0.3 is 10.6 Å². The highest BCUT2D eigenvalue weighted by Gasteiger charge is 2.23. The van der Waals surface area contributed by atoms with Crippen molar-refractivity contribution in [2.75, 3.05) is 23.7 Å². The number of anilines is 2. The van der Waals surface area contributed by atoms with Crippen molar-refractivity contribution in [2.24, 2.45) is 5.92 Å². The third-order valence-corrected chi connectivity index (χ3v) is 4.66. The first-order chi connectivity index (χ1) is 8.74. The number of hydrogen-bond donors (Lipinski definition) is 1. The van der Waals surface area contributed by atoms with Crippen LogP contribution < -0.4 is 10.6 Å². The maximum absolute atomic E-state index is 6.06. The van der Waals surface area contributed by atoms with E-state index in [0.717, 1.165) is 11.6 Å². The summed E-state index contributed by atoms with van der Waals surface area (Å²) in [6.07, 6.45) is 8.35. The topological polar surface area (TPSA) is 29.3 Å². The van der Waals surface area contributed by atoms with Gasteiger partial charge in [0, 0.05) is 24.5 Å². The van der Waals surface area contributed by atoms with E-state index in [0.29, 0.717) is 0 Å². The molecule has 0 atom stereocenters. The standard InChI is InChI=1S/C16H24N2/c1-12-9-14-7-8-18(16(14)10-15(12)17)11-13-5-3-2-4-6-13/h9-10,13H,2-8,11,17H2,1H3. The van der Waals surface area contributed by atoms with Crippen LogP contribution in [0.25, 0.3) is 0 Å². The Bertz CT molecular complexity index is 433. The van der Waals surface area contributed by atoms with E-state index in [9.17, 15) is 0 Å². The Hall–Kier alpha value is -1.18. The summed E-state index contributed by atoms with van der Waals surface area (Å²) >= 11 is 0. The van der Waals surface area contributed by atoms with Crippen LogP contribution in [0.5, 0.6) is 0 Å². The van der Waals surface area contributed by atoms with E-state index in [1.54, 1.807) is 0 Å². The van der Waals surface area contributed by atoms with Crippen LogP contribution in [0.1, 0.15) is 43.2 Å². The first-order valence-electron chi connectivity index (χ1n) is 7.38. The summed E-state index contributed by atoms with van der Waals surface area (Å²) in [6, 6.07) is 4.48. The van der Waals surface area contributed by atoms with Crippen LogP contribution >= 0.6 is 0 Å². The van der Waals surface area contributed by atoms with Crippen LogP contribution in [-0.2, 0) is 6.42 Å². The van der Waals surface area contributed by atoms with Gasteiger partial charge >= 0.3 is 0 Å². The van der Waals surface area contributed by atoms with Crippen molar-refractivity contribution in [1.82, 2.24) is 0 Å². The van der Waals surface area contributed by atoms with Gasteiger partial charge in [-0.1, -0.05) is 25.3 Å². The van der Waals surface area contributed by atoms with Gasteiger partial charge in [-0.2, -0.15) is 0 Å². The lowest BCUT2D eigenvalue weighted by Crippen LogP contribution is -2.28. The Kier molecular flexibility index (Phi) is 3.19. The molecule has 1 aliphatic heterocycles. The van der Waals surface area contributed by atoms with Crippen molar-refractivity contribution in [1.29, 1.82) is 0 Å². The number of nitrogen functional groups attached to an aromatic ring is 1. The molecule has 1 aromatic rings. The largest absolute Gasteiger partial charge is 0.398 e. The lowest BCUT2D eigenvalue weighted by atomic mass is 9.89. The summed E-state index contributed by atoms with van der Waals surface area (Å²) in [5.74, 6) is 0.909. The molecule has 1 aliphatic carbocycles. The maximum atomic E-state index is 6.06. The van der Waals surface area contributed by atoms with Gasteiger partial charge in [0.15, 0.2) is 0 Å². The predicted molar refractivity (Wildman–Crippen MR) is 78.1 cm³/mol. The molecule has 0 aromatic heterocycles. The fourth-order valence-corrected chi connectivity index (χ4v) is 3.51. The zero-order valence-electron chi connectivity index (χ0n) is 11.4. The van der Waals surface area contributed by atoms with Crippen molar-refractivity contribution < 1.29 is 0 Å². The quantitative estimate of drug-likeness (QED) is 0.807. The van der Waals surface area contributed by atoms with Gasteiger partial charge in [0.25, 0.3) is 0 Å². The van der Waals surface area contributed by atoms with Gasteiger partial charge in [0.2, 0.25) is 0 Å². The monoisotopic (exact) mass is 244 g/mol. The second kappa shape index (κ2) is 4.83. The molecule has 1 heterocycles. The molecule has 2 heteroatoms. The minimum absolute atomic E-state index is 0.909. The summed E-state index contributed by atoms with van der Waals surface area (Å²) in [6.45, 7) is 4.55. The molecule has 0 spiro atoms. The molecule has 1 saturated carbocycles. The maximum Gasteiger partial charge on any atom is 0.0420 e. The fraction of sp³-hybridized carbons (Fsp3) is 0.625. The normalized spacial score (nSPS) is 20.2. The van der Waals surface area contributed by atoms with Crippen LogP contribution in [0, 0.1) is 12.8 Å². The van der Waals surface area contributed by atoms with Crippen molar-refractivity contribution in [3.8, 4) is 0 Å². The van der Waals surface area contributed by atoms with Crippen molar-refractivity contribution in [2.45, 2.75) is 45.4 Å². The minimum Gasteiger partial charge on any atom is -0.398 e. The van der Waals surface area contributed by atoms with Crippen molar-refractivity contribution in [3.05, 3.63) is 23.3 Å². The zero-order valence-corrected chi connectivity index (χ0v) is 11.4. The Morgan fingerprint density at radius 3 is 2.78 bits per heavy atom. The predicted octanol–water partition coefficient (Wildman–Crippen LogP) is 3.52. The van der Waals surface area contributed by atoms with Crippen molar-refractivity contribution in [3.63, 3.8) is 0 Å². The highest BCUT2D eigenvalue weighted by molar-refractivity contribution is 5.67. The molecule has 0 saturated heterocycles. The average molecular weight is 244 g/mol. The lowest BCUT2D eigenvalue weighted by molar-refractivity contribution is 0.360. The number of benzene rings is 1. The molecule has 18 heavy (non-hydrogen) atoms. The Morgan fingerprint density at radius 2 is 2.00 bits per heavy atom. The highest BCUT2D eigenvalue weighted by atomic mass is 15.1. The van der Waals surface area contributed by atoms with Crippen LogP contribution in [0.4, 0.5) is 11.4 Å². The molecule has 0 bridgehead atoms. The van der Waals surface area contributed by atoms with Gasteiger partial charge in [0.1, 0.15) is 0 Å². The number of nitrogens with two attached hydrogens (primary N) is 1. The zero-order chi connectivity index (χ0) is 12.5. The minimum atomic E-state index is 0.909. The number of rotatable bonds is 2. The molecule has 0 radical (unpaired) electrons. The average Bonchev–Trinajstić information content (AvgIpc) is 2.74. The fourth-order valence-electron chi connectivity index (χ4n) is 3.51. The highest BCUT2D eigenvalue weighted by Crippen LogP contribution is 2.34. The second-order valence-corrected chi connectivity index (χ2v) is 6.04. The molecule has 98 valence electrons. The molecule has 0 unspecified atom stereocenters. The summed E-state index contributed by atoms with van der Waals surface area (Å²) in [5.41, 5.74) is 11.1. The number of fused-ring (bicyclic) bond motifs is 1. The van der Waals surface area contributed by atoms with Crippen LogP contribution in [-0.4, -0.2) is 13.1 Å². The van der Waals surface area contributed by atoms with Gasteiger partial charge in [-0.25, -0.2) is 0 Å². The van der Waals surface area contributed by atoms with Crippen molar-refractivity contribution >= 4 is 11.4 Å². The Balaban J connectivity index is 1.75. The third kappa shape index (κ3) is 2.21. The van der Waals surface area contributed by atoms with E-state index >= 15 is 0 Å². The molecule has 1 fully saturated rings. The molecule has 1 aromatic carbocycles. The number of hydrogen-bond acceptors (Lipinski definition) is 2. The van der Waals surface area contributed by atoms with Crippen LogP contribution in [0.3, 0.4) is 0 Å². The molecule has 2 N–H and O–H groups in total. The SMILES string of the molecule is Cc1cc2c(cc1N)N(CC1CCCCC1)CC2. The van der Waals surface area contributed by atoms with E-state index in [2.05, 4.69) is 24.0 Å². The Morgan fingerprint density at radius 1 is 1.22 bits per heavy atom.